The van der Waals surface area contributed by atoms with Crippen LogP contribution < -0.4 is 11.1 Å². The molecule has 1 aliphatic heterocycles. The number of carbonyl (C=O) groups excluding carboxylic acids is 1. The molecule has 0 bridgehead atoms. The Kier molecular flexibility index (Phi) is 4.25. The number of fused-ring (bicyclic) bond motifs is 1. The van der Waals surface area contributed by atoms with Crippen molar-refractivity contribution in [3.05, 3.63) is 29.7 Å². The molecule has 4 rings (SSSR count). The van der Waals surface area contributed by atoms with Crippen molar-refractivity contribution < 1.29 is 31.2 Å². The van der Waals surface area contributed by atoms with E-state index in [2.05, 4.69) is 4.98 Å². The molecule has 1 aliphatic carbocycles. The number of nitrogens with two attached hydrogens (primary N) is 1. The smallest absolute Gasteiger partial charge is 0.410 e. The van der Waals surface area contributed by atoms with Gasteiger partial charge in [0.15, 0.2) is 5.58 Å². The van der Waals surface area contributed by atoms with Gasteiger partial charge in [0.2, 0.25) is 11.8 Å². The van der Waals surface area contributed by atoms with E-state index in [0.717, 1.165) is 4.90 Å². The molecular formula is C17H17F5N4O2. The first kappa shape index (κ1) is 18.9. The molecule has 0 spiro atoms. The van der Waals surface area contributed by atoms with Crippen LogP contribution in [0.15, 0.2) is 22.6 Å². The van der Waals surface area contributed by atoms with Crippen LogP contribution in [0.25, 0.3) is 11.1 Å². The number of halogens is 5. The number of carbonyl (C=O) groups is 1. The molecule has 2 aliphatic rings. The number of urea groups is 1. The van der Waals surface area contributed by atoms with Crippen molar-refractivity contribution in [1.29, 1.82) is 0 Å². The van der Waals surface area contributed by atoms with E-state index in [0.29, 0.717) is 16.7 Å². The summed E-state index contributed by atoms with van der Waals surface area (Å²) in [4.78, 5) is 17.1. The fourth-order valence-electron chi connectivity index (χ4n) is 3.53. The summed E-state index contributed by atoms with van der Waals surface area (Å²) in [6, 6.07) is 1.30. The van der Waals surface area contributed by atoms with E-state index in [1.807, 2.05) is 5.32 Å². The van der Waals surface area contributed by atoms with E-state index < -0.39 is 42.7 Å². The van der Waals surface area contributed by atoms with Gasteiger partial charge in [-0.05, 0) is 23.6 Å². The van der Waals surface area contributed by atoms with Crippen molar-refractivity contribution in [2.45, 2.75) is 43.6 Å². The first-order chi connectivity index (χ1) is 13.0. The molecule has 1 saturated carbocycles. The lowest BCUT2D eigenvalue weighted by molar-refractivity contribution is -0.149. The SMILES string of the molecule is N[C@H](c1nc2cc(CN3C[C@@H](C(F)(F)F)NC3=O)ccc2o1)C1CC(F)(F)C1. The van der Waals surface area contributed by atoms with Crippen molar-refractivity contribution in [2.24, 2.45) is 11.7 Å². The van der Waals surface area contributed by atoms with Crippen molar-refractivity contribution in [3.63, 3.8) is 0 Å². The number of rotatable bonds is 4. The first-order valence-electron chi connectivity index (χ1n) is 8.67. The molecule has 152 valence electrons. The lowest BCUT2D eigenvalue weighted by atomic mass is 9.76. The number of benzene rings is 1. The molecule has 0 radical (unpaired) electrons. The Hall–Kier alpha value is -2.43. The maximum Gasteiger partial charge on any atom is 0.410 e. The molecule has 2 heterocycles. The summed E-state index contributed by atoms with van der Waals surface area (Å²) >= 11 is 0. The molecule has 2 aromatic rings. The van der Waals surface area contributed by atoms with E-state index >= 15 is 0 Å². The van der Waals surface area contributed by atoms with Gasteiger partial charge < -0.3 is 20.4 Å². The van der Waals surface area contributed by atoms with Crippen molar-refractivity contribution in [1.82, 2.24) is 15.2 Å². The summed E-state index contributed by atoms with van der Waals surface area (Å²) < 4.78 is 69.9. The Morgan fingerprint density at radius 2 is 2.07 bits per heavy atom. The minimum Gasteiger partial charge on any atom is -0.439 e. The third-order valence-electron chi connectivity index (χ3n) is 5.14. The average molecular weight is 404 g/mol. The van der Waals surface area contributed by atoms with Crippen molar-refractivity contribution in [2.75, 3.05) is 6.54 Å². The normalized spacial score (nSPS) is 23.7. The van der Waals surface area contributed by atoms with Gasteiger partial charge >= 0.3 is 12.2 Å². The number of aromatic nitrogens is 1. The molecule has 2 amide bonds. The predicted octanol–water partition coefficient (Wildman–Crippen LogP) is 3.33. The molecule has 3 N–H and O–H groups in total. The Balaban J connectivity index is 1.47. The number of hydrogen-bond donors (Lipinski definition) is 2. The number of oxazole rings is 1. The van der Waals surface area contributed by atoms with Crippen LogP contribution >= 0.6 is 0 Å². The number of nitrogens with one attached hydrogen (secondary N) is 1. The van der Waals surface area contributed by atoms with Crippen molar-refractivity contribution in [3.8, 4) is 0 Å². The largest absolute Gasteiger partial charge is 0.439 e. The minimum atomic E-state index is -4.51. The Morgan fingerprint density at radius 1 is 1.36 bits per heavy atom. The Bertz CT molecular complexity index is 905. The summed E-state index contributed by atoms with van der Waals surface area (Å²) in [7, 11) is 0. The van der Waals surface area contributed by atoms with Crippen molar-refractivity contribution >= 4 is 17.1 Å². The lowest BCUT2D eigenvalue weighted by Gasteiger charge is -2.37. The maximum atomic E-state index is 13.0. The van der Waals surface area contributed by atoms with Gasteiger partial charge in [0.1, 0.15) is 11.6 Å². The lowest BCUT2D eigenvalue weighted by Crippen LogP contribution is -2.41. The van der Waals surface area contributed by atoms with Crippen LogP contribution in [0, 0.1) is 5.92 Å². The second-order valence-corrected chi connectivity index (χ2v) is 7.33. The highest BCUT2D eigenvalue weighted by atomic mass is 19.4. The van der Waals surface area contributed by atoms with E-state index in [9.17, 15) is 26.7 Å². The molecule has 2 fully saturated rings. The molecule has 1 aromatic heterocycles. The monoisotopic (exact) mass is 404 g/mol. The highest BCUT2D eigenvalue weighted by Crippen LogP contribution is 2.47. The zero-order valence-electron chi connectivity index (χ0n) is 14.5. The first-order valence-corrected chi connectivity index (χ1v) is 8.67. The highest BCUT2D eigenvalue weighted by molar-refractivity contribution is 5.78. The number of hydrogen-bond acceptors (Lipinski definition) is 4. The van der Waals surface area contributed by atoms with Gasteiger partial charge in [-0.1, -0.05) is 6.07 Å². The molecule has 0 unspecified atom stereocenters. The van der Waals surface area contributed by atoms with E-state index in [-0.39, 0.29) is 25.3 Å². The summed E-state index contributed by atoms with van der Waals surface area (Å²) in [5, 5.41) is 1.90. The van der Waals surface area contributed by atoms with Crippen LogP contribution in [0.5, 0.6) is 0 Å². The van der Waals surface area contributed by atoms with Gasteiger partial charge in [-0.25, -0.2) is 18.6 Å². The van der Waals surface area contributed by atoms with Crippen LogP contribution in [-0.4, -0.2) is 40.6 Å². The van der Waals surface area contributed by atoms with Crippen LogP contribution in [0.2, 0.25) is 0 Å². The van der Waals surface area contributed by atoms with Crippen LogP contribution in [0.1, 0.15) is 30.3 Å². The molecule has 28 heavy (non-hydrogen) atoms. The highest BCUT2D eigenvalue weighted by Gasteiger charge is 2.49. The molecule has 1 saturated heterocycles. The number of alkyl halides is 5. The Labute approximate surface area is 155 Å². The standard InChI is InChI=1S/C17H17F5N4O2/c18-16(19)4-9(5-16)13(23)14-24-10-3-8(1-2-11(10)28-14)6-26-7-12(17(20,21)22)25-15(26)27/h1-3,9,12-13H,4-7,23H2,(H,25,27)/t12-,13-/m0/s1. The fraction of sp³-hybridized carbons (Fsp3) is 0.529. The minimum absolute atomic E-state index is 0.0303. The maximum absolute atomic E-state index is 13.0. The third kappa shape index (κ3) is 3.50. The molecule has 11 heteroatoms. The van der Waals surface area contributed by atoms with E-state index in [1.165, 1.54) is 0 Å². The second kappa shape index (κ2) is 6.29. The van der Waals surface area contributed by atoms with Crippen LogP contribution in [-0.2, 0) is 6.54 Å². The van der Waals surface area contributed by atoms with Gasteiger partial charge in [-0.3, -0.25) is 0 Å². The summed E-state index contributed by atoms with van der Waals surface area (Å²) in [6.07, 6.45) is -5.14. The molecule has 1 aromatic carbocycles. The van der Waals surface area contributed by atoms with Gasteiger partial charge in [0.25, 0.3) is 0 Å². The van der Waals surface area contributed by atoms with Crippen LogP contribution in [0.4, 0.5) is 26.7 Å². The van der Waals surface area contributed by atoms with Gasteiger partial charge in [-0.2, -0.15) is 13.2 Å². The zero-order chi connectivity index (χ0) is 20.3. The zero-order valence-corrected chi connectivity index (χ0v) is 14.5. The summed E-state index contributed by atoms with van der Waals surface area (Å²) in [6.45, 7) is -0.511. The topological polar surface area (TPSA) is 84.4 Å². The van der Waals surface area contributed by atoms with E-state index in [1.54, 1.807) is 18.2 Å². The predicted molar refractivity (Wildman–Crippen MR) is 87.4 cm³/mol. The van der Waals surface area contributed by atoms with Gasteiger partial charge in [-0.15, -0.1) is 0 Å². The van der Waals surface area contributed by atoms with E-state index in [4.69, 9.17) is 10.2 Å². The van der Waals surface area contributed by atoms with Gasteiger partial charge in [0, 0.05) is 19.4 Å². The Morgan fingerprint density at radius 3 is 2.68 bits per heavy atom. The van der Waals surface area contributed by atoms with Gasteiger partial charge in [0.05, 0.1) is 12.6 Å². The summed E-state index contributed by atoms with van der Waals surface area (Å²) in [5.41, 5.74) is 7.33. The molecule has 2 atom stereocenters. The summed E-state index contributed by atoms with van der Waals surface area (Å²) in [5.74, 6) is -2.98. The molecule has 6 nitrogen and oxygen atoms in total. The molecular weight excluding hydrogens is 387 g/mol. The third-order valence-corrected chi connectivity index (χ3v) is 5.14. The number of amides is 2. The second-order valence-electron chi connectivity index (χ2n) is 7.33. The average Bonchev–Trinajstić information content (AvgIpc) is 3.15. The van der Waals surface area contributed by atoms with Crippen LogP contribution in [0.3, 0.4) is 0 Å². The quantitative estimate of drug-likeness (QED) is 0.766. The fourth-order valence-corrected chi connectivity index (χ4v) is 3.53. The number of nitrogens with zero attached hydrogens (tertiary/aromatic N) is 2.